The van der Waals surface area contributed by atoms with Crippen LogP contribution in [-0.2, 0) is 6.54 Å². The molecule has 4 nitrogen and oxygen atoms in total. The molecule has 1 aromatic heterocycles. The molecule has 0 spiro atoms. The van der Waals surface area contributed by atoms with Crippen molar-refractivity contribution in [3.8, 4) is 0 Å². The number of carbonyl (C=O) groups excluding carboxylic acids is 1. The van der Waals surface area contributed by atoms with Gasteiger partial charge < -0.3 is 15.5 Å². The van der Waals surface area contributed by atoms with E-state index in [0.717, 1.165) is 12.1 Å². The van der Waals surface area contributed by atoms with Crippen LogP contribution in [-0.4, -0.2) is 5.91 Å². The Bertz CT molecular complexity index is 605. The molecule has 0 unspecified atom stereocenters. The molecule has 0 bridgehead atoms. The first-order valence-electron chi connectivity index (χ1n) is 5.26. The van der Waals surface area contributed by atoms with E-state index in [1.807, 2.05) is 0 Å². The summed E-state index contributed by atoms with van der Waals surface area (Å²) in [7, 11) is 0. The van der Waals surface area contributed by atoms with Crippen LogP contribution in [0.5, 0.6) is 0 Å². The number of halogens is 3. The molecule has 2 aromatic rings. The lowest BCUT2D eigenvalue weighted by Crippen LogP contribution is -2.13. The van der Waals surface area contributed by atoms with Crippen molar-refractivity contribution in [2.45, 2.75) is 6.54 Å². The van der Waals surface area contributed by atoms with Gasteiger partial charge in [0, 0.05) is 4.47 Å². The summed E-state index contributed by atoms with van der Waals surface area (Å²) < 4.78 is 32.4. The predicted molar refractivity (Wildman–Crippen MR) is 68.6 cm³/mol. The molecule has 100 valence electrons. The molecule has 0 radical (unpaired) electrons. The minimum atomic E-state index is -0.883. The Balaban J connectivity index is 2.24. The third-order valence-electron chi connectivity index (χ3n) is 2.33. The van der Waals surface area contributed by atoms with E-state index >= 15 is 0 Å². The van der Waals surface area contributed by atoms with Crippen LogP contribution in [0.3, 0.4) is 0 Å². The third-order valence-corrected chi connectivity index (χ3v) is 2.79. The smallest absolute Gasteiger partial charge is 0.291 e. The highest BCUT2D eigenvalue weighted by Crippen LogP contribution is 2.24. The molecule has 19 heavy (non-hydrogen) atoms. The van der Waals surface area contributed by atoms with Gasteiger partial charge in [0.25, 0.3) is 5.91 Å². The second-order valence-electron chi connectivity index (χ2n) is 3.67. The number of furan rings is 1. The van der Waals surface area contributed by atoms with Gasteiger partial charge in [-0.1, -0.05) is 15.9 Å². The van der Waals surface area contributed by atoms with Gasteiger partial charge in [-0.25, -0.2) is 8.78 Å². The number of nitrogens with one attached hydrogen (secondary N) is 1. The number of hydrogen-bond donors (Lipinski definition) is 2. The van der Waals surface area contributed by atoms with Crippen molar-refractivity contribution in [3.63, 3.8) is 0 Å². The van der Waals surface area contributed by atoms with Gasteiger partial charge in [0.1, 0.15) is 11.4 Å². The van der Waals surface area contributed by atoms with E-state index in [-0.39, 0.29) is 16.8 Å². The minimum Gasteiger partial charge on any atom is -0.455 e. The third kappa shape index (κ3) is 2.99. The van der Waals surface area contributed by atoms with Crippen molar-refractivity contribution in [1.82, 2.24) is 0 Å². The first-order chi connectivity index (χ1) is 9.01. The van der Waals surface area contributed by atoms with Crippen LogP contribution in [0.1, 0.15) is 16.3 Å². The minimum absolute atomic E-state index is 0.0674. The molecular weight excluding hydrogens is 322 g/mol. The average Bonchev–Trinajstić information content (AvgIpc) is 2.82. The molecule has 0 aliphatic rings. The lowest BCUT2D eigenvalue weighted by atomic mass is 10.3. The van der Waals surface area contributed by atoms with Crippen LogP contribution >= 0.6 is 15.9 Å². The highest BCUT2D eigenvalue weighted by molar-refractivity contribution is 9.10. The van der Waals surface area contributed by atoms with E-state index in [1.54, 1.807) is 0 Å². The average molecular weight is 331 g/mol. The van der Waals surface area contributed by atoms with Crippen LogP contribution in [0, 0.1) is 11.6 Å². The molecule has 0 saturated carbocycles. The Labute approximate surface area is 115 Å². The fourth-order valence-corrected chi connectivity index (χ4v) is 1.85. The largest absolute Gasteiger partial charge is 0.455 e. The van der Waals surface area contributed by atoms with Crippen LogP contribution in [0.4, 0.5) is 14.5 Å². The maximum absolute atomic E-state index is 13.5. The van der Waals surface area contributed by atoms with Crippen LogP contribution in [0.2, 0.25) is 0 Å². The summed E-state index contributed by atoms with van der Waals surface area (Å²) in [5.41, 5.74) is 4.80. The molecule has 0 aliphatic carbocycles. The van der Waals surface area contributed by atoms with Gasteiger partial charge in [-0.15, -0.1) is 0 Å². The number of anilines is 1. The Morgan fingerprint density at radius 2 is 1.95 bits per heavy atom. The van der Waals surface area contributed by atoms with Gasteiger partial charge in [-0.3, -0.25) is 4.79 Å². The summed E-state index contributed by atoms with van der Waals surface area (Å²) >= 11 is 2.95. The number of rotatable bonds is 3. The summed E-state index contributed by atoms with van der Waals surface area (Å²) in [5.74, 6) is -2.18. The molecule has 0 saturated heterocycles. The molecule has 1 heterocycles. The fourth-order valence-electron chi connectivity index (χ4n) is 1.45. The molecule has 1 aromatic carbocycles. The number of nitrogens with two attached hydrogens (primary N) is 1. The fraction of sp³-hybridized carbons (Fsp3) is 0.0833. The Morgan fingerprint density at radius 1 is 1.32 bits per heavy atom. The maximum atomic E-state index is 13.5. The van der Waals surface area contributed by atoms with Gasteiger partial charge in [0.2, 0.25) is 0 Å². The Hall–Kier alpha value is -1.73. The molecule has 1 amide bonds. The van der Waals surface area contributed by atoms with Crippen LogP contribution < -0.4 is 11.1 Å². The standard InChI is InChI=1S/C12H9BrF2N2O2/c13-6-3-8(14)11(9(15)4-6)17-12(18)10-2-1-7(5-16)19-10/h1-4H,5,16H2,(H,17,18). The molecule has 7 heteroatoms. The summed E-state index contributed by atoms with van der Waals surface area (Å²) in [6, 6.07) is 4.99. The lowest BCUT2D eigenvalue weighted by molar-refractivity contribution is 0.0994. The van der Waals surface area contributed by atoms with Crippen molar-refractivity contribution in [2.75, 3.05) is 5.32 Å². The van der Waals surface area contributed by atoms with Crippen molar-refractivity contribution in [3.05, 3.63) is 51.9 Å². The molecule has 0 aliphatic heterocycles. The number of amides is 1. The van der Waals surface area contributed by atoms with E-state index in [2.05, 4.69) is 21.2 Å². The Kier molecular flexibility index (Phi) is 3.96. The molecule has 3 N–H and O–H groups in total. The van der Waals surface area contributed by atoms with E-state index in [9.17, 15) is 13.6 Å². The van der Waals surface area contributed by atoms with E-state index < -0.39 is 23.2 Å². The molecular formula is C12H9BrF2N2O2. The van der Waals surface area contributed by atoms with E-state index in [1.165, 1.54) is 12.1 Å². The highest BCUT2D eigenvalue weighted by atomic mass is 79.9. The highest BCUT2D eigenvalue weighted by Gasteiger charge is 2.17. The van der Waals surface area contributed by atoms with Gasteiger partial charge in [0.05, 0.1) is 6.54 Å². The van der Waals surface area contributed by atoms with Gasteiger partial charge in [-0.05, 0) is 24.3 Å². The summed E-state index contributed by atoms with van der Waals surface area (Å²) in [6.45, 7) is 0.133. The molecule has 0 fully saturated rings. The second kappa shape index (κ2) is 5.50. The Morgan fingerprint density at radius 3 is 2.47 bits per heavy atom. The predicted octanol–water partition coefficient (Wildman–Crippen LogP) is 3.03. The number of hydrogen-bond acceptors (Lipinski definition) is 3. The normalized spacial score (nSPS) is 10.5. The quantitative estimate of drug-likeness (QED) is 0.908. The van der Waals surface area contributed by atoms with Gasteiger partial charge in [0.15, 0.2) is 17.4 Å². The molecule has 0 atom stereocenters. The summed E-state index contributed by atoms with van der Waals surface area (Å²) in [6.07, 6.45) is 0. The summed E-state index contributed by atoms with van der Waals surface area (Å²) in [5, 5.41) is 2.12. The zero-order chi connectivity index (χ0) is 14.0. The lowest BCUT2D eigenvalue weighted by Gasteiger charge is -2.06. The van der Waals surface area contributed by atoms with Crippen molar-refractivity contribution < 1.29 is 18.0 Å². The summed E-state index contributed by atoms with van der Waals surface area (Å²) in [4.78, 5) is 11.7. The van der Waals surface area contributed by atoms with Crippen molar-refractivity contribution >= 4 is 27.5 Å². The molecule has 2 rings (SSSR count). The monoisotopic (exact) mass is 330 g/mol. The number of carbonyl (C=O) groups is 1. The van der Waals surface area contributed by atoms with Gasteiger partial charge in [-0.2, -0.15) is 0 Å². The topological polar surface area (TPSA) is 68.3 Å². The second-order valence-corrected chi connectivity index (χ2v) is 4.58. The van der Waals surface area contributed by atoms with E-state index in [0.29, 0.717) is 5.76 Å². The zero-order valence-corrected chi connectivity index (χ0v) is 11.1. The maximum Gasteiger partial charge on any atom is 0.291 e. The first kappa shape index (κ1) is 13.7. The van der Waals surface area contributed by atoms with Gasteiger partial charge >= 0.3 is 0 Å². The van der Waals surface area contributed by atoms with Crippen LogP contribution in [0.15, 0.2) is 33.2 Å². The van der Waals surface area contributed by atoms with Crippen molar-refractivity contribution in [2.24, 2.45) is 5.73 Å². The first-order valence-corrected chi connectivity index (χ1v) is 6.05. The van der Waals surface area contributed by atoms with E-state index in [4.69, 9.17) is 10.2 Å². The van der Waals surface area contributed by atoms with Crippen molar-refractivity contribution in [1.29, 1.82) is 0 Å². The SMILES string of the molecule is NCc1ccc(C(=O)Nc2c(F)cc(Br)cc2F)o1. The van der Waals surface area contributed by atoms with Crippen LogP contribution in [0.25, 0.3) is 0 Å². The number of benzene rings is 1. The zero-order valence-electron chi connectivity index (χ0n) is 9.54.